The van der Waals surface area contributed by atoms with Crippen LogP contribution in [-0.2, 0) is 10.1 Å². The summed E-state index contributed by atoms with van der Waals surface area (Å²) in [6.07, 6.45) is 0. The van der Waals surface area contributed by atoms with Crippen LogP contribution < -0.4 is 8.92 Å². The van der Waals surface area contributed by atoms with Gasteiger partial charge in [0.1, 0.15) is 5.75 Å². The fraction of sp³-hybridized carbons (Fsp3) is 0.0909. The molecule has 154 valence electrons. The van der Waals surface area contributed by atoms with Gasteiger partial charge in [0.2, 0.25) is 0 Å². The molecule has 0 saturated heterocycles. The van der Waals surface area contributed by atoms with Gasteiger partial charge in [-0.25, -0.2) is 0 Å². The minimum absolute atomic E-state index is 0.163. The third kappa shape index (κ3) is 3.43. The summed E-state index contributed by atoms with van der Waals surface area (Å²) in [5.74, 6) is -0.302. The van der Waals surface area contributed by atoms with Crippen molar-refractivity contribution in [2.24, 2.45) is 0 Å². The van der Waals surface area contributed by atoms with Crippen molar-refractivity contribution in [2.45, 2.75) is 5.51 Å². The Morgan fingerprint density at radius 2 is 1.40 bits per heavy atom. The minimum Gasteiger partial charge on any atom is -0.497 e. The molecule has 0 heterocycles. The van der Waals surface area contributed by atoms with Crippen molar-refractivity contribution in [3.05, 3.63) is 72.8 Å². The maximum Gasteiger partial charge on any atom is 0.534 e. The van der Waals surface area contributed by atoms with Crippen LogP contribution in [0.15, 0.2) is 72.8 Å². The predicted molar refractivity (Wildman–Crippen MR) is 109 cm³/mol. The van der Waals surface area contributed by atoms with E-state index in [4.69, 9.17) is 4.74 Å². The fourth-order valence-corrected chi connectivity index (χ4v) is 3.83. The zero-order valence-electron chi connectivity index (χ0n) is 15.6. The van der Waals surface area contributed by atoms with E-state index in [-0.39, 0.29) is 11.3 Å². The summed E-state index contributed by atoms with van der Waals surface area (Å²) in [5.41, 5.74) is -4.82. The lowest BCUT2D eigenvalue weighted by molar-refractivity contribution is -0.0499. The number of hydrogen-bond donors (Lipinski definition) is 0. The summed E-state index contributed by atoms with van der Waals surface area (Å²) < 4.78 is 71.8. The molecule has 0 saturated carbocycles. The van der Waals surface area contributed by atoms with Gasteiger partial charge in [-0.3, -0.25) is 0 Å². The van der Waals surface area contributed by atoms with E-state index in [1.807, 2.05) is 42.5 Å². The molecule has 0 bridgehead atoms. The molecule has 0 unspecified atom stereocenters. The van der Waals surface area contributed by atoms with Crippen LogP contribution in [0.2, 0.25) is 0 Å². The van der Waals surface area contributed by atoms with Crippen molar-refractivity contribution < 1.29 is 30.5 Å². The Bertz CT molecular complexity index is 1360. The molecule has 0 aromatic heterocycles. The van der Waals surface area contributed by atoms with E-state index < -0.39 is 21.4 Å². The Kier molecular flexibility index (Phi) is 4.82. The molecule has 0 fully saturated rings. The number of halogens is 3. The number of ether oxygens (including phenoxy) is 1. The lowest BCUT2D eigenvalue weighted by Crippen LogP contribution is -2.28. The fourth-order valence-electron chi connectivity index (χ4n) is 3.36. The molecule has 0 atom stereocenters. The van der Waals surface area contributed by atoms with E-state index in [0.717, 1.165) is 27.6 Å². The first-order valence-electron chi connectivity index (χ1n) is 8.81. The first-order chi connectivity index (χ1) is 14.2. The van der Waals surface area contributed by atoms with Gasteiger partial charge < -0.3 is 8.92 Å². The number of benzene rings is 4. The summed E-state index contributed by atoms with van der Waals surface area (Å²) in [5, 5.41) is 3.45. The third-order valence-electron chi connectivity index (χ3n) is 4.73. The molecule has 0 aliphatic carbocycles. The summed E-state index contributed by atoms with van der Waals surface area (Å²) >= 11 is 0. The van der Waals surface area contributed by atoms with Crippen molar-refractivity contribution >= 4 is 31.7 Å². The van der Waals surface area contributed by atoms with Crippen molar-refractivity contribution in [3.63, 3.8) is 0 Å². The van der Waals surface area contributed by atoms with Crippen LogP contribution in [0.3, 0.4) is 0 Å². The average Bonchev–Trinajstić information content (AvgIpc) is 2.72. The highest BCUT2D eigenvalue weighted by Crippen LogP contribution is 2.41. The van der Waals surface area contributed by atoms with Crippen molar-refractivity contribution in [2.75, 3.05) is 7.11 Å². The molecule has 4 aromatic carbocycles. The van der Waals surface area contributed by atoms with Gasteiger partial charge in [-0.1, -0.05) is 48.5 Å². The zero-order chi connectivity index (χ0) is 21.5. The van der Waals surface area contributed by atoms with E-state index in [1.165, 1.54) is 19.2 Å². The van der Waals surface area contributed by atoms with E-state index in [0.29, 0.717) is 5.56 Å². The van der Waals surface area contributed by atoms with Gasteiger partial charge in [-0.15, -0.1) is 0 Å². The quantitative estimate of drug-likeness (QED) is 0.229. The summed E-state index contributed by atoms with van der Waals surface area (Å²) in [7, 11) is -4.54. The molecule has 0 aliphatic rings. The van der Waals surface area contributed by atoms with Gasteiger partial charge in [-0.05, 0) is 45.3 Å². The van der Waals surface area contributed by atoms with Gasteiger partial charge in [0, 0.05) is 11.6 Å². The van der Waals surface area contributed by atoms with Crippen molar-refractivity contribution in [3.8, 4) is 22.6 Å². The summed E-state index contributed by atoms with van der Waals surface area (Å²) in [6, 6.07) is 20.9. The second-order valence-electron chi connectivity index (χ2n) is 6.54. The third-order valence-corrected chi connectivity index (χ3v) is 5.70. The van der Waals surface area contributed by atoms with Crippen LogP contribution in [0, 0.1) is 0 Å². The Labute approximate surface area is 170 Å². The number of fused-ring (bicyclic) bond motifs is 3. The van der Waals surface area contributed by atoms with Crippen LogP contribution in [0.25, 0.3) is 32.7 Å². The molecule has 4 aromatic rings. The molecule has 4 rings (SSSR count). The van der Waals surface area contributed by atoms with Crippen LogP contribution in [0.5, 0.6) is 11.5 Å². The van der Waals surface area contributed by atoms with Crippen LogP contribution in [-0.4, -0.2) is 21.0 Å². The molecule has 0 radical (unpaired) electrons. The van der Waals surface area contributed by atoms with Crippen LogP contribution in [0.4, 0.5) is 13.2 Å². The lowest BCUT2D eigenvalue weighted by atomic mass is 9.93. The number of rotatable bonds is 4. The zero-order valence-corrected chi connectivity index (χ0v) is 16.4. The highest BCUT2D eigenvalue weighted by atomic mass is 32.2. The average molecular weight is 432 g/mol. The van der Waals surface area contributed by atoms with Crippen LogP contribution in [0.1, 0.15) is 0 Å². The topological polar surface area (TPSA) is 52.6 Å². The van der Waals surface area contributed by atoms with Gasteiger partial charge in [0.25, 0.3) is 0 Å². The molecule has 30 heavy (non-hydrogen) atoms. The first kappa shape index (κ1) is 20.0. The molecule has 0 spiro atoms. The lowest BCUT2D eigenvalue weighted by Gasteiger charge is -2.16. The Morgan fingerprint density at radius 1 is 0.767 bits per heavy atom. The van der Waals surface area contributed by atoms with E-state index in [1.54, 1.807) is 12.1 Å². The minimum atomic E-state index is -5.86. The van der Waals surface area contributed by atoms with Crippen LogP contribution >= 0.6 is 0 Å². The first-order valence-corrected chi connectivity index (χ1v) is 10.2. The van der Waals surface area contributed by atoms with E-state index >= 15 is 0 Å². The molecule has 4 nitrogen and oxygen atoms in total. The predicted octanol–water partition coefficient (Wildman–Crippen LogP) is 5.90. The molecule has 8 heteroatoms. The largest absolute Gasteiger partial charge is 0.534 e. The maximum atomic E-state index is 13.0. The summed E-state index contributed by atoms with van der Waals surface area (Å²) in [4.78, 5) is 0. The summed E-state index contributed by atoms with van der Waals surface area (Å²) in [6.45, 7) is 0. The molecule has 0 amide bonds. The van der Waals surface area contributed by atoms with Gasteiger partial charge in [-0.2, -0.15) is 21.6 Å². The second kappa shape index (κ2) is 7.21. The van der Waals surface area contributed by atoms with Crippen molar-refractivity contribution in [1.82, 2.24) is 0 Å². The molecular formula is C22H15F3O4S. The number of methoxy groups -OCH3 is 1. The Balaban J connectivity index is 2.02. The highest BCUT2D eigenvalue weighted by molar-refractivity contribution is 7.88. The molecule has 0 N–H and O–H groups in total. The smallest absolute Gasteiger partial charge is 0.497 e. The van der Waals surface area contributed by atoms with Gasteiger partial charge in [0.15, 0.2) is 5.75 Å². The van der Waals surface area contributed by atoms with Crippen molar-refractivity contribution in [1.29, 1.82) is 0 Å². The molecular weight excluding hydrogens is 417 g/mol. The SMILES string of the molecule is COc1ccc(-c2cc3ccccc3c3ccccc23)c(OS(=O)(=O)C(F)(F)F)c1. The normalized spacial score (nSPS) is 12.3. The molecule has 0 aliphatic heterocycles. The van der Waals surface area contributed by atoms with E-state index in [9.17, 15) is 21.6 Å². The standard InChI is InChI=1S/C22H15F3O4S/c1-28-15-10-11-19(21(13-15)29-30(26,27)22(23,24)25)20-12-14-6-2-3-7-16(14)17-8-4-5-9-18(17)20/h2-13H,1H3. The highest BCUT2D eigenvalue weighted by Gasteiger charge is 2.48. The number of hydrogen-bond acceptors (Lipinski definition) is 4. The second-order valence-corrected chi connectivity index (χ2v) is 8.07. The van der Waals surface area contributed by atoms with Gasteiger partial charge in [0.05, 0.1) is 7.11 Å². The van der Waals surface area contributed by atoms with E-state index in [2.05, 4.69) is 4.18 Å². The Morgan fingerprint density at radius 3 is 2.07 bits per heavy atom. The van der Waals surface area contributed by atoms with Gasteiger partial charge >= 0.3 is 15.6 Å². The Hall–Kier alpha value is -3.26. The monoisotopic (exact) mass is 432 g/mol. The maximum absolute atomic E-state index is 13.0. The number of alkyl halides is 3.